The molecular weight excluding hydrogens is 284 g/mol. The molecule has 0 saturated heterocycles. The fourth-order valence-electron chi connectivity index (χ4n) is 1.70. The highest BCUT2D eigenvalue weighted by molar-refractivity contribution is 6.74. The molecule has 0 radical (unpaired) electrons. The van der Waals surface area contributed by atoms with E-state index in [-0.39, 0.29) is 23.8 Å². The van der Waals surface area contributed by atoms with Crippen LogP contribution in [-0.4, -0.2) is 46.3 Å². The van der Waals surface area contributed by atoms with E-state index in [4.69, 9.17) is 9.16 Å². The van der Waals surface area contributed by atoms with Gasteiger partial charge in [-0.2, -0.15) is 0 Å². The average Bonchev–Trinajstić information content (AvgIpc) is 2.31. The van der Waals surface area contributed by atoms with Crippen molar-refractivity contribution in [3.63, 3.8) is 0 Å². The van der Waals surface area contributed by atoms with E-state index in [1.165, 1.54) is 0 Å². The van der Waals surface area contributed by atoms with Crippen molar-refractivity contribution in [1.82, 2.24) is 10.6 Å². The molecule has 2 atom stereocenters. The lowest BCUT2D eigenvalue weighted by atomic mass is 10.2. The molecule has 0 aliphatic heterocycles. The van der Waals surface area contributed by atoms with Crippen molar-refractivity contribution >= 4 is 14.4 Å². The largest absolute Gasteiger partial charge is 0.447 e. The molecule has 0 bridgehead atoms. The third-order valence-corrected chi connectivity index (χ3v) is 8.49. The van der Waals surface area contributed by atoms with Gasteiger partial charge < -0.3 is 19.8 Å². The Hall–Kier alpha value is -0.593. The van der Waals surface area contributed by atoms with Crippen molar-refractivity contribution in [2.45, 2.75) is 77.9 Å². The second kappa shape index (κ2) is 8.15. The fourth-order valence-corrected chi connectivity index (χ4v) is 3.08. The Morgan fingerprint density at radius 3 is 2.10 bits per heavy atom. The van der Waals surface area contributed by atoms with Crippen LogP contribution in [0.4, 0.5) is 4.79 Å². The first-order valence-corrected chi connectivity index (χ1v) is 10.6. The van der Waals surface area contributed by atoms with E-state index in [1.807, 2.05) is 0 Å². The van der Waals surface area contributed by atoms with Crippen molar-refractivity contribution in [3.8, 4) is 0 Å². The van der Waals surface area contributed by atoms with Gasteiger partial charge in [-0.1, -0.05) is 34.6 Å². The summed E-state index contributed by atoms with van der Waals surface area (Å²) in [6.07, 6.45) is -0.568. The number of amides is 1. The van der Waals surface area contributed by atoms with Crippen LogP contribution in [0.1, 0.15) is 41.5 Å². The van der Waals surface area contributed by atoms with E-state index in [0.717, 1.165) is 0 Å². The van der Waals surface area contributed by atoms with E-state index in [0.29, 0.717) is 6.04 Å². The smallest absolute Gasteiger partial charge is 0.406 e. The first kappa shape index (κ1) is 20.4. The summed E-state index contributed by atoms with van der Waals surface area (Å²) in [5.74, 6) is 0. The molecule has 21 heavy (non-hydrogen) atoms. The minimum Gasteiger partial charge on any atom is -0.447 e. The van der Waals surface area contributed by atoms with Gasteiger partial charge in [-0.3, -0.25) is 0 Å². The molecule has 0 rings (SSSR count). The number of alkyl carbamates (subject to hydrolysis) is 1. The van der Waals surface area contributed by atoms with Crippen molar-refractivity contribution in [2.75, 3.05) is 13.7 Å². The Morgan fingerprint density at radius 2 is 1.71 bits per heavy atom. The van der Waals surface area contributed by atoms with E-state index in [2.05, 4.69) is 65.3 Å². The molecule has 2 N–H and O–H groups in total. The molecule has 0 saturated carbocycles. The monoisotopic (exact) mass is 318 g/mol. The number of carbonyl (C=O) groups excluding carboxylic acids is 1. The highest BCUT2D eigenvalue weighted by Crippen LogP contribution is 2.37. The Balaban J connectivity index is 4.91. The fraction of sp³-hybridized carbons (Fsp3) is 0.933. The molecule has 0 aliphatic rings. The predicted molar refractivity (Wildman–Crippen MR) is 90.2 cm³/mol. The molecular formula is C15H34N2O3Si. The van der Waals surface area contributed by atoms with Gasteiger partial charge in [0.15, 0.2) is 8.32 Å². The summed E-state index contributed by atoms with van der Waals surface area (Å²) in [4.78, 5) is 11.3. The number of hydrogen-bond acceptors (Lipinski definition) is 4. The summed E-state index contributed by atoms with van der Waals surface area (Å²) in [5.41, 5.74) is 0. The van der Waals surface area contributed by atoms with Gasteiger partial charge in [0.2, 0.25) is 0 Å². The lowest BCUT2D eigenvalue weighted by Crippen LogP contribution is -2.52. The molecule has 6 heteroatoms. The Kier molecular flexibility index (Phi) is 7.92. The number of nitrogens with one attached hydrogen (secondary N) is 2. The van der Waals surface area contributed by atoms with Gasteiger partial charge in [-0.25, -0.2) is 4.79 Å². The molecule has 0 spiro atoms. The highest BCUT2D eigenvalue weighted by atomic mass is 28.4. The predicted octanol–water partition coefficient (Wildman–Crippen LogP) is 3.12. The Bertz CT molecular complexity index is 327. The maximum atomic E-state index is 11.3. The number of rotatable bonds is 7. The minimum atomic E-state index is -1.92. The van der Waals surface area contributed by atoms with Gasteiger partial charge in [-0.15, -0.1) is 0 Å². The molecule has 0 aliphatic carbocycles. The maximum Gasteiger partial charge on any atom is 0.406 e. The second-order valence-corrected chi connectivity index (χ2v) is 12.1. The van der Waals surface area contributed by atoms with Crippen molar-refractivity contribution in [1.29, 1.82) is 0 Å². The highest BCUT2D eigenvalue weighted by Gasteiger charge is 2.40. The van der Waals surface area contributed by atoms with Gasteiger partial charge in [0.25, 0.3) is 0 Å². The Labute approximate surface area is 131 Å². The standard InChI is InChI=1S/C15H34N2O3Si/c1-11(2)17-12(3)13(10-19-14(18)16-7)20-21(8,9)15(4,5)6/h11-13,17H,10H2,1-9H3,(H,16,18)/t12-,13+/m1/s1. The molecule has 0 aromatic carbocycles. The zero-order chi connectivity index (χ0) is 16.8. The average molecular weight is 319 g/mol. The van der Waals surface area contributed by atoms with Crippen molar-refractivity contribution < 1.29 is 14.0 Å². The summed E-state index contributed by atoms with van der Waals surface area (Å²) in [6.45, 7) is 17.6. The molecule has 0 aromatic heterocycles. The SMILES string of the molecule is CNC(=O)OC[C@H](O[Si](C)(C)C(C)(C)C)[C@@H](C)NC(C)C. The van der Waals surface area contributed by atoms with Crippen LogP contribution in [0.15, 0.2) is 0 Å². The van der Waals surface area contributed by atoms with Gasteiger partial charge in [-0.05, 0) is 25.1 Å². The maximum absolute atomic E-state index is 11.3. The van der Waals surface area contributed by atoms with Crippen LogP contribution >= 0.6 is 0 Å². The van der Waals surface area contributed by atoms with Gasteiger partial charge >= 0.3 is 6.09 Å². The minimum absolute atomic E-state index is 0.115. The van der Waals surface area contributed by atoms with E-state index < -0.39 is 14.4 Å². The summed E-state index contributed by atoms with van der Waals surface area (Å²) in [7, 11) is -0.358. The number of ether oxygens (including phenoxy) is 1. The molecule has 1 amide bonds. The lowest BCUT2D eigenvalue weighted by Gasteiger charge is -2.41. The molecule has 5 nitrogen and oxygen atoms in total. The molecule has 0 aromatic rings. The summed E-state index contributed by atoms with van der Waals surface area (Å²) >= 11 is 0. The van der Waals surface area contributed by atoms with Crippen LogP contribution in [0.25, 0.3) is 0 Å². The first-order valence-electron chi connectivity index (χ1n) is 7.69. The molecule has 0 heterocycles. The van der Waals surface area contributed by atoms with E-state index in [1.54, 1.807) is 7.05 Å². The van der Waals surface area contributed by atoms with Crippen LogP contribution in [0.2, 0.25) is 18.1 Å². The van der Waals surface area contributed by atoms with Crippen molar-refractivity contribution in [2.24, 2.45) is 0 Å². The van der Waals surface area contributed by atoms with Crippen LogP contribution in [-0.2, 0) is 9.16 Å². The van der Waals surface area contributed by atoms with E-state index >= 15 is 0 Å². The summed E-state index contributed by atoms with van der Waals surface area (Å²) in [5, 5.41) is 6.03. The first-order chi connectivity index (χ1) is 9.40. The van der Waals surface area contributed by atoms with Crippen LogP contribution in [0.5, 0.6) is 0 Å². The normalized spacial score (nSPS) is 15.7. The van der Waals surface area contributed by atoms with Gasteiger partial charge in [0, 0.05) is 19.1 Å². The van der Waals surface area contributed by atoms with Crippen molar-refractivity contribution in [3.05, 3.63) is 0 Å². The zero-order valence-electron chi connectivity index (χ0n) is 15.2. The van der Waals surface area contributed by atoms with Gasteiger partial charge in [0.05, 0.1) is 6.10 Å². The number of hydrogen-bond donors (Lipinski definition) is 2. The number of carbonyl (C=O) groups is 1. The van der Waals surface area contributed by atoms with Crippen LogP contribution in [0.3, 0.4) is 0 Å². The molecule has 0 unspecified atom stereocenters. The van der Waals surface area contributed by atoms with Crippen LogP contribution < -0.4 is 10.6 Å². The molecule has 126 valence electrons. The third-order valence-electron chi connectivity index (χ3n) is 3.99. The summed E-state index contributed by atoms with van der Waals surface area (Å²) in [6, 6.07) is 0.467. The lowest BCUT2D eigenvalue weighted by molar-refractivity contribution is 0.0549. The second-order valence-electron chi connectivity index (χ2n) is 7.38. The third kappa shape index (κ3) is 7.29. The van der Waals surface area contributed by atoms with Gasteiger partial charge in [0.1, 0.15) is 6.61 Å². The molecule has 0 fully saturated rings. The van der Waals surface area contributed by atoms with Crippen LogP contribution in [0, 0.1) is 0 Å². The quantitative estimate of drug-likeness (QED) is 0.708. The zero-order valence-corrected chi connectivity index (χ0v) is 16.2. The topological polar surface area (TPSA) is 59.6 Å². The Morgan fingerprint density at radius 1 is 1.19 bits per heavy atom. The summed E-state index contributed by atoms with van der Waals surface area (Å²) < 4.78 is 11.7. The van der Waals surface area contributed by atoms with E-state index in [9.17, 15) is 4.79 Å².